The number of nitrogens with zero attached hydrogens (tertiary/aromatic N) is 2. The number of carboxylic acid groups (broad SMARTS) is 1. The van der Waals surface area contributed by atoms with Gasteiger partial charge in [-0.05, 0) is 12.1 Å². The third-order valence-corrected chi connectivity index (χ3v) is 1.79. The molecular formula is C9H8ClN3O3. The van der Waals surface area contributed by atoms with Crippen molar-refractivity contribution in [1.82, 2.24) is 4.98 Å². The summed E-state index contributed by atoms with van der Waals surface area (Å²) in [5.41, 5.74) is 2.24. The lowest BCUT2D eigenvalue weighted by Crippen LogP contribution is -2.26. The van der Waals surface area contributed by atoms with Crippen LogP contribution in [-0.2, 0) is 9.59 Å². The van der Waals surface area contributed by atoms with Crippen LogP contribution in [0.3, 0.4) is 0 Å². The first-order valence-corrected chi connectivity index (χ1v) is 4.74. The number of alkyl halides is 1. The Bertz CT molecular complexity index is 419. The number of hydrogen-bond acceptors (Lipinski definition) is 5. The Labute approximate surface area is 95.9 Å². The standard InChI is InChI=1S/C9H8ClN3O3/c10-4-7(14)8(9(15)16)13-12-6-2-1-3-11-5-6/h1-3,5,12H,4H2,(H,15,16). The topological polar surface area (TPSA) is 91.7 Å². The highest BCUT2D eigenvalue weighted by molar-refractivity contribution is 6.67. The summed E-state index contributed by atoms with van der Waals surface area (Å²) in [7, 11) is 0. The maximum atomic E-state index is 11.1. The van der Waals surface area contributed by atoms with Crippen molar-refractivity contribution in [3.8, 4) is 0 Å². The summed E-state index contributed by atoms with van der Waals surface area (Å²) < 4.78 is 0. The molecule has 16 heavy (non-hydrogen) atoms. The average Bonchev–Trinajstić information content (AvgIpc) is 2.30. The fraction of sp³-hybridized carbons (Fsp3) is 0.111. The third-order valence-electron chi connectivity index (χ3n) is 1.55. The molecule has 0 saturated heterocycles. The number of hydrazone groups is 1. The Kier molecular flexibility index (Phi) is 4.41. The Morgan fingerprint density at radius 2 is 2.31 bits per heavy atom. The van der Waals surface area contributed by atoms with Gasteiger partial charge in [0.2, 0.25) is 11.5 Å². The number of ketones is 1. The summed E-state index contributed by atoms with van der Waals surface area (Å²) in [4.78, 5) is 25.5. The van der Waals surface area contributed by atoms with E-state index in [9.17, 15) is 9.59 Å². The van der Waals surface area contributed by atoms with Gasteiger partial charge in [-0.15, -0.1) is 11.6 Å². The number of rotatable bonds is 5. The summed E-state index contributed by atoms with van der Waals surface area (Å²) in [6.07, 6.45) is 2.99. The van der Waals surface area contributed by atoms with Gasteiger partial charge in [0.05, 0.1) is 17.8 Å². The van der Waals surface area contributed by atoms with Crippen molar-refractivity contribution in [2.75, 3.05) is 11.3 Å². The van der Waals surface area contributed by atoms with Crippen molar-refractivity contribution in [1.29, 1.82) is 0 Å². The molecule has 0 fully saturated rings. The van der Waals surface area contributed by atoms with E-state index in [1.54, 1.807) is 18.3 Å². The second-order valence-corrected chi connectivity index (χ2v) is 2.94. The first kappa shape index (κ1) is 12.1. The minimum atomic E-state index is -1.43. The lowest BCUT2D eigenvalue weighted by atomic mass is 10.3. The van der Waals surface area contributed by atoms with Crippen LogP contribution in [0.5, 0.6) is 0 Å². The molecule has 1 rings (SSSR count). The molecular weight excluding hydrogens is 234 g/mol. The number of Topliss-reactive ketones (excluding diaryl/α,β-unsaturated/α-hetero) is 1. The second kappa shape index (κ2) is 5.82. The number of halogens is 1. The zero-order valence-corrected chi connectivity index (χ0v) is 8.81. The molecule has 0 unspecified atom stereocenters. The maximum Gasteiger partial charge on any atom is 0.360 e. The Balaban J connectivity index is 2.81. The minimum Gasteiger partial charge on any atom is -0.476 e. The largest absolute Gasteiger partial charge is 0.476 e. The van der Waals surface area contributed by atoms with Crippen molar-refractivity contribution in [2.24, 2.45) is 5.10 Å². The summed E-state index contributed by atoms with van der Waals surface area (Å²) in [6, 6.07) is 3.27. The molecule has 0 saturated carbocycles. The number of anilines is 1. The number of carboxylic acids is 1. The molecule has 0 atom stereocenters. The molecule has 0 radical (unpaired) electrons. The molecule has 0 aliphatic carbocycles. The van der Waals surface area contributed by atoms with Gasteiger partial charge in [-0.25, -0.2) is 4.79 Å². The van der Waals surface area contributed by atoms with E-state index >= 15 is 0 Å². The summed E-state index contributed by atoms with van der Waals surface area (Å²) in [5.74, 6) is -2.62. The first-order chi connectivity index (χ1) is 7.65. The first-order valence-electron chi connectivity index (χ1n) is 4.21. The molecule has 7 heteroatoms. The zero-order chi connectivity index (χ0) is 12.0. The molecule has 0 aromatic carbocycles. The third kappa shape index (κ3) is 3.32. The molecule has 0 spiro atoms. The van der Waals surface area contributed by atoms with Gasteiger partial charge < -0.3 is 5.11 Å². The minimum absolute atomic E-state index is 0.431. The second-order valence-electron chi connectivity index (χ2n) is 2.68. The number of carbonyl (C=O) groups excluding carboxylic acids is 1. The predicted octanol–water partition coefficient (Wildman–Crippen LogP) is 0.742. The lowest BCUT2D eigenvalue weighted by molar-refractivity contribution is -0.130. The van der Waals surface area contributed by atoms with Crippen molar-refractivity contribution >= 4 is 34.8 Å². The van der Waals surface area contributed by atoms with Crippen molar-refractivity contribution in [3.05, 3.63) is 24.5 Å². The molecule has 0 aliphatic heterocycles. The highest BCUT2D eigenvalue weighted by atomic mass is 35.5. The van der Waals surface area contributed by atoms with Crippen LogP contribution in [-0.4, -0.2) is 33.4 Å². The van der Waals surface area contributed by atoms with Gasteiger partial charge >= 0.3 is 5.97 Å². The highest BCUT2D eigenvalue weighted by Gasteiger charge is 2.18. The van der Waals surface area contributed by atoms with Gasteiger partial charge in [0.15, 0.2) is 0 Å². The SMILES string of the molecule is O=C(O)C(=NNc1cccnc1)C(=O)CCl. The van der Waals surface area contributed by atoms with Crippen LogP contribution in [0.15, 0.2) is 29.6 Å². The summed E-state index contributed by atoms with van der Waals surface area (Å²) in [6.45, 7) is 0. The fourth-order valence-electron chi connectivity index (χ4n) is 0.842. The van der Waals surface area contributed by atoms with Crippen LogP contribution < -0.4 is 5.43 Å². The van der Waals surface area contributed by atoms with E-state index in [1.165, 1.54) is 6.20 Å². The molecule has 1 heterocycles. The van der Waals surface area contributed by atoms with E-state index in [4.69, 9.17) is 16.7 Å². The van der Waals surface area contributed by atoms with E-state index in [2.05, 4.69) is 15.5 Å². The van der Waals surface area contributed by atoms with Crippen molar-refractivity contribution < 1.29 is 14.7 Å². The van der Waals surface area contributed by atoms with Crippen LogP contribution in [0.4, 0.5) is 5.69 Å². The molecule has 1 aromatic rings. The van der Waals surface area contributed by atoms with Crippen LogP contribution in [0.2, 0.25) is 0 Å². The number of carbonyl (C=O) groups is 2. The molecule has 0 amide bonds. The number of nitrogens with one attached hydrogen (secondary N) is 1. The number of hydrogen-bond donors (Lipinski definition) is 2. The zero-order valence-electron chi connectivity index (χ0n) is 8.05. The molecule has 1 aromatic heterocycles. The smallest absolute Gasteiger partial charge is 0.360 e. The predicted molar refractivity (Wildman–Crippen MR) is 58.7 cm³/mol. The van der Waals surface area contributed by atoms with Gasteiger partial charge in [-0.3, -0.25) is 15.2 Å². The Hall–Kier alpha value is -1.95. The Morgan fingerprint density at radius 3 is 2.81 bits per heavy atom. The van der Waals surface area contributed by atoms with Gasteiger partial charge in [0.25, 0.3) is 0 Å². The van der Waals surface area contributed by atoms with E-state index < -0.39 is 23.3 Å². The molecule has 2 N–H and O–H groups in total. The van der Waals surface area contributed by atoms with Crippen LogP contribution in [0, 0.1) is 0 Å². The molecule has 0 bridgehead atoms. The quantitative estimate of drug-likeness (QED) is 0.343. The average molecular weight is 242 g/mol. The van der Waals surface area contributed by atoms with Gasteiger partial charge in [-0.1, -0.05) is 0 Å². The normalized spacial score (nSPS) is 10.9. The fourth-order valence-corrected chi connectivity index (χ4v) is 0.969. The monoisotopic (exact) mass is 241 g/mol. The lowest BCUT2D eigenvalue weighted by Gasteiger charge is -2.00. The maximum absolute atomic E-state index is 11.1. The summed E-state index contributed by atoms with van der Waals surface area (Å²) in [5, 5.41) is 12.1. The number of aliphatic carboxylic acids is 1. The van der Waals surface area contributed by atoms with E-state index in [-0.39, 0.29) is 0 Å². The van der Waals surface area contributed by atoms with Crippen molar-refractivity contribution in [2.45, 2.75) is 0 Å². The Morgan fingerprint density at radius 1 is 1.56 bits per heavy atom. The van der Waals surface area contributed by atoms with Gasteiger partial charge in [0, 0.05) is 6.20 Å². The van der Waals surface area contributed by atoms with Gasteiger partial charge in [-0.2, -0.15) is 5.10 Å². The van der Waals surface area contributed by atoms with Crippen LogP contribution in [0.25, 0.3) is 0 Å². The molecule has 84 valence electrons. The van der Waals surface area contributed by atoms with Gasteiger partial charge in [0.1, 0.15) is 0 Å². The van der Waals surface area contributed by atoms with Crippen LogP contribution >= 0.6 is 11.6 Å². The summed E-state index contributed by atoms with van der Waals surface area (Å²) >= 11 is 5.24. The van der Waals surface area contributed by atoms with E-state index in [1.807, 2.05) is 0 Å². The van der Waals surface area contributed by atoms with Crippen molar-refractivity contribution in [3.63, 3.8) is 0 Å². The van der Waals surface area contributed by atoms with E-state index in [0.717, 1.165) is 0 Å². The van der Waals surface area contributed by atoms with Crippen LogP contribution in [0.1, 0.15) is 0 Å². The van der Waals surface area contributed by atoms with E-state index in [0.29, 0.717) is 5.69 Å². The number of aromatic nitrogens is 1. The molecule has 6 nitrogen and oxygen atoms in total. The number of pyridine rings is 1. The highest BCUT2D eigenvalue weighted by Crippen LogP contribution is 2.02. The molecule has 0 aliphatic rings.